The summed E-state index contributed by atoms with van der Waals surface area (Å²) in [5, 5.41) is 7.55. The second kappa shape index (κ2) is 6.20. The Hall–Kier alpha value is -1.65. The van der Waals surface area contributed by atoms with Gasteiger partial charge in [-0.25, -0.2) is 0 Å². The number of nitrogens with one attached hydrogen (secondary N) is 1. The maximum absolute atomic E-state index is 5.45. The zero-order valence-corrected chi connectivity index (χ0v) is 11.9. The Morgan fingerprint density at radius 2 is 2.00 bits per heavy atom. The lowest BCUT2D eigenvalue weighted by Crippen LogP contribution is -2.40. The summed E-state index contributed by atoms with van der Waals surface area (Å²) in [5.74, 6) is 0.853. The van der Waals surface area contributed by atoms with Crippen molar-refractivity contribution in [1.82, 2.24) is 15.4 Å². The lowest BCUT2D eigenvalue weighted by Gasteiger charge is -2.30. The van der Waals surface area contributed by atoms with Crippen LogP contribution >= 0.6 is 0 Å². The Balaban J connectivity index is 1.61. The third kappa shape index (κ3) is 3.08. The molecular weight excluding hydrogens is 250 g/mol. The van der Waals surface area contributed by atoms with E-state index in [-0.39, 0.29) is 0 Å². The van der Waals surface area contributed by atoms with Crippen LogP contribution in [0, 0.1) is 0 Å². The molecule has 0 radical (unpaired) electrons. The Labute approximate surface area is 119 Å². The molecule has 3 rings (SSSR count). The zero-order valence-electron chi connectivity index (χ0n) is 11.9. The summed E-state index contributed by atoms with van der Waals surface area (Å²) in [7, 11) is 2.05. The van der Waals surface area contributed by atoms with Crippen molar-refractivity contribution in [2.75, 3.05) is 20.1 Å². The molecule has 4 nitrogen and oxygen atoms in total. The van der Waals surface area contributed by atoms with E-state index in [1.54, 1.807) is 0 Å². The van der Waals surface area contributed by atoms with Crippen LogP contribution in [0.1, 0.15) is 18.5 Å². The van der Waals surface area contributed by atoms with Gasteiger partial charge in [-0.2, -0.15) is 0 Å². The van der Waals surface area contributed by atoms with E-state index >= 15 is 0 Å². The first kappa shape index (κ1) is 13.3. The predicted octanol–water partition coefficient (Wildman–Crippen LogP) is 2.53. The van der Waals surface area contributed by atoms with E-state index in [9.17, 15) is 0 Å². The first-order valence-corrected chi connectivity index (χ1v) is 7.26. The van der Waals surface area contributed by atoms with E-state index in [1.807, 2.05) is 37.4 Å². The van der Waals surface area contributed by atoms with Gasteiger partial charge in [0, 0.05) is 37.3 Å². The van der Waals surface area contributed by atoms with Crippen molar-refractivity contribution in [3.05, 3.63) is 42.1 Å². The minimum atomic E-state index is 0.670. The molecule has 1 aliphatic rings. The minimum Gasteiger partial charge on any atom is -0.356 e. The van der Waals surface area contributed by atoms with Gasteiger partial charge in [0.25, 0.3) is 0 Å². The molecule has 0 aliphatic carbocycles. The van der Waals surface area contributed by atoms with Gasteiger partial charge in [0.2, 0.25) is 0 Å². The van der Waals surface area contributed by atoms with Crippen molar-refractivity contribution in [3.8, 4) is 11.3 Å². The summed E-state index contributed by atoms with van der Waals surface area (Å²) in [5.41, 5.74) is 2.10. The Kier molecular flexibility index (Phi) is 4.14. The van der Waals surface area contributed by atoms with Gasteiger partial charge in [0.05, 0.1) is 5.69 Å². The molecule has 1 fully saturated rings. The van der Waals surface area contributed by atoms with Gasteiger partial charge in [-0.3, -0.25) is 4.90 Å². The SMILES string of the molecule is CNC1CCN(Cc2cc(-c3ccccc3)on2)CC1. The van der Waals surface area contributed by atoms with Gasteiger partial charge in [0.15, 0.2) is 5.76 Å². The number of benzene rings is 1. The third-order valence-corrected chi connectivity index (χ3v) is 4.00. The van der Waals surface area contributed by atoms with Crippen LogP contribution in [-0.4, -0.2) is 36.2 Å². The summed E-state index contributed by atoms with van der Waals surface area (Å²) in [6, 6.07) is 12.8. The number of aromatic nitrogens is 1. The molecule has 1 aromatic heterocycles. The maximum Gasteiger partial charge on any atom is 0.167 e. The van der Waals surface area contributed by atoms with Crippen molar-refractivity contribution in [2.45, 2.75) is 25.4 Å². The smallest absolute Gasteiger partial charge is 0.167 e. The van der Waals surface area contributed by atoms with Crippen LogP contribution in [0.5, 0.6) is 0 Å². The molecule has 1 aromatic carbocycles. The minimum absolute atomic E-state index is 0.670. The number of piperidine rings is 1. The van der Waals surface area contributed by atoms with E-state index in [1.165, 1.54) is 12.8 Å². The average Bonchev–Trinajstić information content (AvgIpc) is 2.97. The summed E-state index contributed by atoms with van der Waals surface area (Å²) in [6.07, 6.45) is 2.42. The molecule has 106 valence electrons. The van der Waals surface area contributed by atoms with Gasteiger partial charge in [-0.05, 0) is 19.9 Å². The van der Waals surface area contributed by atoms with E-state index in [0.29, 0.717) is 6.04 Å². The highest BCUT2D eigenvalue weighted by atomic mass is 16.5. The largest absolute Gasteiger partial charge is 0.356 e. The van der Waals surface area contributed by atoms with Crippen LogP contribution in [0.15, 0.2) is 40.9 Å². The second-order valence-corrected chi connectivity index (χ2v) is 5.39. The number of likely N-dealkylation sites (tertiary alicyclic amines) is 1. The monoisotopic (exact) mass is 271 g/mol. The summed E-state index contributed by atoms with van der Waals surface area (Å²) < 4.78 is 5.45. The average molecular weight is 271 g/mol. The summed E-state index contributed by atoms with van der Waals surface area (Å²) in [6.45, 7) is 3.13. The molecule has 20 heavy (non-hydrogen) atoms. The van der Waals surface area contributed by atoms with E-state index in [0.717, 1.165) is 36.7 Å². The zero-order chi connectivity index (χ0) is 13.8. The van der Waals surface area contributed by atoms with Gasteiger partial charge in [-0.15, -0.1) is 0 Å². The van der Waals surface area contributed by atoms with Crippen molar-refractivity contribution in [1.29, 1.82) is 0 Å². The van der Waals surface area contributed by atoms with Gasteiger partial charge >= 0.3 is 0 Å². The maximum atomic E-state index is 5.45. The van der Waals surface area contributed by atoms with Crippen molar-refractivity contribution in [2.24, 2.45) is 0 Å². The van der Waals surface area contributed by atoms with Gasteiger partial charge in [-0.1, -0.05) is 35.5 Å². The normalized spacial score (nSPS) is 17.4. The van der Waals surface area contributed by atoms with Crippen LogP contribution in [0.2, 0.25) is 0 Å². The molecule has 0 saturated carbocycles. The highest BCUT2D eigenvalue weighted by Crippen LogP contribution is 2.21. The fraction of sp³-hybridized carbons (Fsp3) is 0.438. The summed E-state index contributed by atoms with van der Waals surface area (Å²) >= 11 is 0. The van der Waals surface area contributed by atoms with Crippen LogP contribution < -0.4 is 5.32 Å². The Morgan fingerprint density at radius 3 is 2.70 bits per heavy atom. The highest BCUT2D eigenvalue weighted by molar-refractivity contribution is 5.56. The molecule has 2 aromatic rings. The van der Waals surface area contributed by atoms with Crippen molar-refractivity contribution >= 4 is 0 Å². The standard InChI is InChI=1S/C16H21N3O/c1-17-14-7-9-19(10-8-14)12-15-11-16(20-18-15)13-5-3-2-4-6-13/h2-6,11,14,17H,7-10,12H2,1H3. The third-order valence-electron chi connectivity index (χ3n) is 4.00. The highest BCUT2D eigenvalue weighted by Gasteiger charge is 2.19. The topological polar surface area (TPSA) is 41.3 Å². The van der Waals surface area contributed by atoms with Crippen molar-refractivity contribution < 1.29 is 4.52 Å². The Bertz CT molecular complexity index is 530. The molecule has 1 saturated heterocycles. The summed E-state index contributed by atoms with van der Waals surface area (Å²) in [4.78, 5) is 2.44. The van der Waals surface area contributed by atoms with Gasteiger partial charge < -0.3 is 9.84 Å². The molecule has 0 atom stereocenters. The molecule has 2 heterocycles. The fourth-order valence-corrected chi connectivity index (χ4v) is 2.73. The van der Waals surface area contributed by atoms with E-state index in [2.05, 4.69) is 21.4 Å². The van der Waals surface area contributed by atoms with E-state index < -0.39 is 0 Å². The van der Waals surface area contributed by atoms with E-state index in [4.69, 9.17) is 4.52 Å². The fourth-order valence-electron chi connectivity index (χ4n) is 2.73. The van der Waals surface area contributed by atoms with Gasteiger partial charge in [0.1, 0.15) is 0 Å². The lowest BCUT2D eigenvalue weighted by molar-refractivity contribution is 0.190. The quantitative estimate of drug-likeness (QED) is 0.928. The molecule has 0 spiro atoms. The number of hydrogen-bond donors (Lipinski definition) is 1. The lowest BCUT2D eigenvalue weighted by atomic mass is 10.1. The predicted molar refractivity (Wildman–Crippen MR) is 79.3 cm³/mol. The first-order valence-electron chi connectivity index (χ1n) is 7.26. The molecule has 4 heteroatoms. The Morgan fingerprint density at radius 1 is 1.25 bits per heavy atom. The number of hydrogen-bond acceptors (Lipinski definition) is 4. The molecular formula is C16H21N3O. The van der Waals surface area contributed by atoms with Crippen LogP contribution in [0.3, 0.4) is 0 Å². The van der Waals surface area contributed by atoms with Crippen LogP contribution in [0.4, 0.5) is 0 Å². The molecule has 0 bridgehead atoms. The molecule has 1 N–H and O–H groups in total. The van der Waals surface area contributed by atoms with Crippen molar-refractivity contribution in [3.63, 3.8) is 0 Å². The number of rotatable bonds is 4. The molecule has 0 amide bonds. The van der Waals surface area contributed by atoms with Crippen LogP contribution in [-0.2, 0) is 6.54 Å². The second-order valence-electron chi connectivity index (χ2n) is 5.39. The van der Waals surface area contributed by atoms with Crippen LogP contribution in [0.25, 0.3) is 11.3 Å². The number of nitrogens with zero attached hydrogens (tertiary/aromatic N) is 2. The first-order chi connectivity index (χ1) is 9.85. The molecule has 1 aliphatic heterocycles. The molecule has 0 unspecified atom stereocenters.